The standard InChI is InChI=1S/C40H44/c1-8-38(9-2)30-21-17-15-19-27(30)33-35(38)32-26-18-14-16-20-29(26)39(10-3,11-4)36(32)34-28-23-22-25(7)24-31(28)40(12-5,13-6)37(33)34/h14-24H,8-13H2,1-7H3. The number of hydrogen-bond donors (Lipinski definition) is 0. The van der Waals surface area contributed by atoms with Crippen LogP contribution >= 0.6 is 0 Å². The van der Waals surface area contributed by atoms with Gasteiger partial charge in [0.2, 0.25) is 0 Å². The lowest BCUT2D eigenvalue weighted by atomic mass is 9.65. The van der Waals surface area contributed by atoms with Crippen LogP contribution in [0.3, 0.4) is 0 Å². The molecule has 0 nitrogen and oxygen atoms in total. The summed E-state index contributed by atoms with van der Waals surface area (Å²) in [5.41, 5.74) is 20.4. The molecule has 4 aromatic rings. The fraction of sp³-hybridized carbons (Fsp3) is 0.400. The summed E-state index contributed by atoms with van der Waals surface area (Å²) in [6.07, 6.45) is 6.77. The molecule has 0 amide bonds. The SMILES string of the molecule is CCC1(CC)c2ccccc2-c2c1c1c(c3c2C(CC)(CC)c2cc(C)ccc2-3)C(CC)(CC)c2ccccc2-1. The normalized spacial score (nSPS) is 17.6. The van der Waals surface area contributed by atoms with Crippen molar-refractivity contribution in [2.45, 2.75) is 103 Å². The quantitative estimate of drug-likeness (QED) is 0.235. The van der Waals surface area contributed by atoms with Crippen molar-refractivity contribution >= 4 is 0 Å². The summed E-state index contributed by atoms with van der Waals surface area (Å²) in [6.45, 7) is 16.9. The molecule has 0 atom stereocenters. The van der Waals surface area contributed by atoms with Crippen LogP contribution in [0.4, 0.5) is 0 Å². The first-order valence-electron chi connectivity index (χ1n) is 16.0. The van der Waals surface area contributed by atoms with E-state index in [4.69, 9.17) is 0 Å². The molecule has 0 heteroatoms. The first kappa shape index (κ1) is 25.8. The third-order valence-corrected chi connectivity index (χ3v) is 11.9. The molecule has 0 heterocycles. The zero-order valence-electron chi connectivity index (χ0n) is 25.6. The van der Waals surface area contributed by atoms with E-state index in [1.165, 1.54) is 22.3 Å². The van der Waals surface area contributed by atoms with Crippen LogP contribution < -0.4 is 0 Å². The van der Waals surface area contributed by atoms with Gasteiger partial charge in [-0.1, -0.05) is 114 Å². The average molecular weight is 525 g/mol. The predicted molar refractivity (Wildman–Crippen MR) is 172 cm³/mol. The largest absolute Gasteiger partial charge is 0.0642 e. The summed E-state index contributed by atoms with van der Waals surface area (Å²) in [7, 11) is 0. The van der Waals surface area contributed by atoms with Gasteiger partial charge >= 0.3 is 0 Å². The summed E-state index contributed by atoms with van der Waals surface area (Å²) in [6, 6.07) is 26.3. The number of aryl methyl sites for hydroxylation is 1. The second-order valence-electron chi connectivity index (χ2n) is 12.8. The van der Waals surface area contributed by atoms with Crippen LogP contribution in [-0.4, -0.2) is 0 Å². The Hall–Kier alpha value is -3.12. The van der Waals surface area contributed by atoms with Crippen molar-refractivity contribution in [2.75, 3.05) is 0 Å². The summed E-state index contributed by atoms with van der Waals surface area (Å²) < 4.78 is 0. The second kappa shape index (κ2) is 8.69. The Labute approximate surface area is 241 Å². The Bertz CT molecular complexity index is 1660. The molecule has 0 fully saturated rings. The van der Waals surface area contributed by atoms with Gasteiger partial charge < -0.3 is 0 Å². The van der Waals surface area contributed by atoms with E-state index >= 15 is 0 Å². The lowest BCUT2D eigenvalue weighted by Gasteiger charge is -2.37. The van der Waals surface area contributed by atoms with Gasteiger partial charge in [-0.15, -0.1) is 0 Å². The van der Waals surface area contributed by atoms with Crippen LogP contribution in [0.15, 0.2) is 66.7 Å². The van der Waals surface area contributed by atoms with Crippen molar-refractivity contribution in [3.8, 4) is 33.4 Å². The van der Waals surface area contributed by atoms with E-state index in [0.717, 1.165) is 38.5 Å². The minimum absolute atomic E-state index is 0.0302. The van der Waals surface area contributed by atoms with Gasteiger partial charge in [0.25, 0.3) is 0 Å². The fourth-order valence-corrected chi connectivity index (χ4v) is 9.86. The fourth-order valence-electron chi connectivity index (χ4n) is 9.86. The van der Waals surface area contributed by atoms with Crippen LogP contribution in [-0.2, 0) is 16.2 Å². The molecule has 4 aromatic carbocycles. The van der Waals surface area contributed by atoms with Gasteiger partial charge in [0.05, 0.1) is 0 Å². The number of rotatable bonds is 6. The Kier molecular flexibility index (Phi) is 5.61. The molecule has 0 spiro atoms. The maximum absolute atomic E-state index is 2.54. The van der Waals surface area contributed by atoms with Crippen LogP contribution in [0.5, 0.6) is 0 Å². The van der Waals surface area contributed by atoms with Crippen LogP contribution in [0.25, 0.3) is 33.4 Å². The van der Waals surface area contributed by atoms with E-state index in [2.05, 4.69) is 115 Å². The van der Waals surface area contributed by atoms with Crippen molar-refractivity contribution in [3.05, 3.63) is 106 Å². The van der Waals surface area contributed by atoms with Crippen LogP contribution in [0.2, 0.25) is 0 Å². The van der Waals surface area contributed by atoms with Crippen LogP contribution in [0.1, 0.15) is 119 Å². The Balaban J connectivity index is 1.81. The number of fused-ring (bicyclic) bond motifs is 12. The lowest BCUT2D eigenvalue weighted by molar-refractivity contribution is 0.473. The maximum Gasteiger partial charge on any atom is 0.0216 e. The molecule has 3 aliphatic rings. The second-order valence-corrected chi connectivity index (χ2v) is 12.8. The summed E-state index contributed by atoms with van der Waals surface area (Å²) >= 11 is 0. The highest BCUT2D eigenvalue weighted by molar-refractivity contribution is 6.05. The zero-order valence-corrected chi connectivity index (χ0v) is 25.6. The Morgan fingerprint density at radius 2 is 0.775 bits per heavy atom. The van der Waals surface area contributed by atoms with Gasteiger partial charge in [0.1, 0.15) is 0 Å². The van der Waals surface area contributed by atoms with Gasteiger partial charge in [-0.3, -0.25) is 0 Å². The van der Waals surface area contributed by atoms with Crippen molar-refractivity contribution in [3.63, 3.8) is 0 Å². The van der Waals surface area contributed by atoms with E-state index in [1.54, 1.807) is 50.1 Å². The van der Waals surface area contributed by atoms with E-state index in [-0.39, 0.29) is 16.2 Å². The van der Waals surface area contributed by atoms with Crippen molar-refractivity contribution < 1.29 is 0 Å². The molecule has 3 aliphatic carbocycles. The van der Waals surface area contributed by atoms with E-state index in [9.17, 15) is 0 Å². The maximum atomic E-state index is 2.54. The molecule has 0 aromatic heterocycles. The number of hydrogen-bond acceptors (Lipinski definition) is 0. The van der Waals surface area contributed by atoms with Crippen molar-refractivity contribution in [2.24, 2.45) is 0 Å². The molecular formula is C40H44. The molecular weight excluding hydrogens is 480 g/mol. The Morgan fingerprint density at radius 3 is 1.18 bits per heavy atom. The van der Waals surface area contributed by atoms with E-state index in [0.29, 0.717) is 0 Å². The summed E-state index contributed by atoms with van der Waals surface area (Å²) in [4.78, 5) is 0. The molecule has 0 aliphatic heterocycles. The molecule has 204 valence electrons. The number of benzene rings is 4. The van der Waals surface area contributed by atoms with Crippen molar-refractivity contribution in [1.82, 2.24) is 0 Å². The Morgan fingerprint density at radius 1 is 0.425 bits per heavy atom. The molecule has 0 saturated carbocycles. The monoisotopic (exact) mass is 524 g/mol. The first-order valence-corrected chi connectivity index (χ1v) is 16.0. The third-order valence-electron chi connectivity index (χ3n) is 11.9. The molecule has 0 bridgehead atoms. The van der Waals surface area contributed by atoms with Crippen LogP contribution in [0, 0.1) is 6.92 Å². The van der Waals surface area contributed by atoms with Crippen molar-refractivity contribution in [1.29, 1.82) is 0 Å². The zero-order chi connectivity index (χ0) is 28.0. The van der Waals surface area contributed by atoms with Gasteiger partial charge in [-0.05, 0) is 112 Å². The highest BCUT2D eigenvalue weighted by Gasteiger charge is 2.56. The third kappa shape index (κ3) is 2.70. The highest BCUT2D eigenvalue weighted by Crippen LogP contribution is 2.70. The lowest BCUT2D eigenvalue weighted by Crippen LogP contribution is -2.29. The average Bonchev–Trinajstić information content (AvgIpc) is 3.57. The minimum Gasteiger partial charge on any atom is -0.0642 e. The van der Waals surface area contributed by atoms with Gasteiger partial charge in [-0.2, -0.15) is 0 Å². The molecule has 40 heavy (non-hydrogen) atoms. The molecule has 0 saturated heterocycles. The van der Waals surface area contributed by atoms with Gasteiger partial charge in [-0.25, -0.2) is 0 Å². The topological polar surface area (TPSA) is 0 Å². The smallest absolute Gasteiger partial charge is 0.0216 e. The molecule has 0 unspecified atom stereocenters. The van der Waals surface area contributed by atoms with Gasteiger partial charge in [0.15, 0.2) is 0 Å². The summed E-state index contributed by atoms with van der Waals surface area (Å²) in [5, 5.41) is 0. The predicted octanol–water partition coefficient (Wildman–Crippen LogP) is 11.3. The first-order chi connectivity index (χ1) is 19.4. The molecule has 7 rings (SSSR count). The van der Waals surface area contributed by atoms with Gasteiger partial charge in [0, 0.05) is 16.2 Å². The van der Waals surface area contributed by atoms with E-state index in [1.807, 2.05) is 0 Å². The molecule has 0 radical (unpaired) electrons. The summed E-state index contributed by atoms with van der Waals surface area (Å²) in [5.74, 6) is 0. The minimum atomic E-state index is 0.0302. The highest BCUT2D eigenvalue weighted by atomic mass is 14.6. The van der Waals surface area contributed by atoms with E-state index < -0.39 is 0 Å². The molecule has 0 N–H and O–H groups in total.